The zero-order valence-electron chi connectivity index (χ0n) is 16.9. The summed E-state index contributed by atoms with van der Waals surface area (Å²) in [6.45, 7) is 5.58. The van der Waals surface area contributed by atoms with Crippen LogP contribution in [0.4, 0.5) is 0 Å². The van der Waals surface area contributed by atoms with Crippen LogP contribution in [0.1, 0.15) is 38.0 Å². The molecule has 9 heteroatoms. The van der Waals surface area contributed by atoms with Crippen molar-refractivity contribution in [2.24, 2.45) is 0 Å². The van der Waals surface area contributed by atoms with Crippen molar-refractivity contribution in [2.75, 3.05) is 7.11 Å². The van der Waals surface area contributed by atoms with Gasteiger partial charge in [-0.25, -0.2) is 0 Å². The molecular weight excluding hydrogens is 384 g/mol. The van der Waals surface area contributed by atoms with E-state index < -0.39 is 54.7 Å². The molecule has 1 aromatic rings. The Morgan fingerprint density at radius 1 is 0.862 bits per heavy atom. The molecule has 9 nitrogen and oxygen atoms in total. The predicted molar refractivity (Wildman–Crippen MR) is 96.9 cm³/mol. The number of hydrogen-bond acceptors (Lipinski definition) is 9. The fourth-order valence-corrected chi connectivity index (χ4v) is 3.71. The van der Waals surface area contributed by atoms with Crippen molar-refractivity contribution in [3.05, 3.63) is 29.3 Å². The van der Waals surface area contributed by atoms with Crippen LogP contribution in [-0.2, 0) is 38.1 Å². The summed E-state index contributed by atoms with van der Waals surface area (Å²) < 4.78 is 33.6. The van der Waals surface area contributed by atoms with E-state index in [1.807, 2.05) is 19.1 Å². The molecule has 2 fully saturated rings. The lowest BCUT2D eigenvalue weighted by molar-refractivity contribution is -0.250. The van der Waals surface area contributed by atoms with Gasteiger partial charge in [-0.2, -0.15) is 0 Å². The molecule has 2 aliphatic heterocycles. The molecule has 0 unspecified atom stereocenters. The van der Waals surface area contributed by atoms with Gasteiger partial charge in [-0.1, -0.05) is 11.6 Å². The predicted octanol–water partition coefficient (Wildman–Crippen LogP) is 1.59. The van der Waals surface area contributed by atoms with Gasteiger partial charge in [-0.15, -0.1) is 0 Å². The highest BCUT2D eigenvalue weighted by atomic mass is 16.8. The number of carbonyl (C=O) groups is 3. The van der Waals surface area contributed by atoms with Crippen molar-refractivity contribution < 1.29 is 42.8 Å². The van der Waals surface area contributed by atoms with Crippen LogP contribution in [0, 0.1) is 6.92 Å². The Morgan fingerprint density at radius 3 is 2.03 bits per heavy atom. The zero-order chi connectivity index (χ0) is 21.3. The Hall–Kier alpha value is -2.65. The van der Waals surface area contributed by atoms with E-state index in [2.05, 4.69) is 0 Å². The van der Waals surface area contributed by atoms with Gasteiger partial charge in [0.25, 0.3) is 0 Å². The second-order valence-corrected chi connectivity index (χ2v) is 6.99. The van der Waals surface area contributed by atoms with Crippen LogP contribution < -0.4 is 4.74 Å². The quantitative estimate of drug-likeness (QED) is 0.530. The van der Waals surface area contributed by atoms with Crippen molar-refractivity contribution in [3.63, 3.8) is 0 Å². The molecule has 158 valence electrons. The summed E-state index contributed by atoms with van der Waals surface area (Å²) in [6, 6.07) is 5.56. The maximum absolute atomic E-state index is 11.8. The number of fused-ring (bicyclic) bond motifs is 2. The lowest BCUT2D eigenvalue weighted by atomic mass is 9.93. The summed E-state index contributed by atoms with van der Waals surface area (Å²) >= 11 is 0. The van der Waals surface area contributed by atoms with Crippen LogP contribution in [0.25, 0.3) is 0 Å². The number of rotatable bonds is 5. The topological polar surface area (TPSA) is 107 Å². The molecule has 0 aromatic heterocycles. The summed E-state index contributed by atoms with van der Waals surface area (Å²) in [5.41, 5.74) is 1.64. The number of benzene rings is 1. The minimum atomic E-state index is -1.10. The van der Waals surface area contributed by atoms with E-state index >= 15 is 0 Å². The fourth-order valence-electron chi connectivity index (χ4n) is 3.71. The molecular formula is C20H24O9. The molecule has 2 aliphatic rings. The standard InChI is InChI=1S/C20H24O9/c1-9-6-7-14(24-5)13(8-9)15-16-17(25-10(2)21)18(26-11(3)22)19(27-12(4)23)20(28-15)29-16/h6-8,15-20H,1-5H3/t15-,16+,17+,18-,19-,20+/m0/s1. The molecule has 2 heterocycles. The largest absolute Gasteiger partial charge is 0.496 e. The van der Waals surface area contributed by atoms with E-state index in [0.29, 0.717) is 11.3 Å². The first kappa shape index (κ1) is 21.1. The summed E-state index contributed by atoms with van der Waals surface area (Å²) in [5, 5.41) is 0. The number of hydrogen-bond donors (Lipinski definition) is 0. The smallest absolute Gasteiger partial charge is 0.303 e. The van der Waals surface area contributed by atoms with Crippen LogP contribution in [0.5, 0.6) is 5.75 Å². The van der Waals surface area contributed by atoms with Gasteiger partial charge in [0.1, 0.15) is 18.0 Å². The molecule has 0 amide bonds. The molecule has 0 spiro atoms. The maximum Gasteiger partial charge on any atom is 0.303 e. The summed E-state index contributed by atoms with van der Waals surface area (Å²) in [5.74, 6) is -1.27. The van der Waals surface area contributed by atoms with Crippen LogP contribution in [-0.4, -0.2) is 55.7 Å². The van der Waals surface area contributed by atoms with E-state index in [1.165, 1.54) is 27.9 Å². The second-order valence-electron chi connectivity index (χ2n) is 6.99. The van der Waals surface area contributed by atoms with E-state index in [-0.39, 0.29) is 0 Å². The molecule has 29 heavy (non-hydrogen) atoms. The van der Waals surface area contributed by atoms with Gasteiger partial charge in [0.05, 0.1) is 7.11 Å². The highest BCUT2D eigenvalue weighted by Gasteiger charge is 2.60. The number of methoxy groups -OCH3 is 1. The van der Waals surface area contributed by atoms with E-state index in [0.717, 1.165) is 5.56 Å². The van der Waals surface area contributed by atoms with E-state index in [9.17, 15) is 14.4 Å². The van der Waals surface area contributed by atoms with Gasteiger partial charge in [-0.3, -0.25) is 14.4 Å². The third-order valence-electron chi connectivity index (χ3n) is 4.71. The third kappa shape index (κ3) is 4.35. The van der Waals surface area contributed by atoms with Gasteiger partial charge in [0, 0.05) is 26.3 Å². The molecule has 1 aromatic carbocycles. The Bertz CT molecular complexity index is 805. The van der Waals surface area contributed by atoms with Crippen molar-refractivity contribution in [1.29, 1.82) is 0 Å². The van der Waals surface area contributed by atoms with Gasteiger partial charge < -0.3 is 28.4 Å². The molecule has 2 saturated heterocycles. The lowest BCUT2D eigenvalue weighted by Crippen LogP contribution is -2.58. The molecule has 6 atom stereocenters. The van der Waals surface area contributed by atoms with Crippen molar-refractivity contribution in [2.45, 2.75) is 64.5 Å². The molecule has 3 rings (SSSR count). The molecule has 0 saturated carbocycles. The average molecular weight is 408 g/mol. The molecule has 0 radical (unpaired) electrons. The van der Waals surface area contributed by atoms with Crippen molar-refractivity contribution in [3.8, 4) is 5.75 Å². The highest BCUT2D eigenvalue weighted by Crippen LogP contribution is 2.46. The summed E-state index contributed by atoms with van der Waals surface area (Å²) in [4.78, 5) is 35.1. The maximum atomic E-state index is 11.8. The molecule has 2 bridgehead atoms. The van der Waals surface area contributed by atoms with Crippen LogP contribution in [0.2, 0.25) is 0 Å². The minimum absolute atomic E-state index is 0.561. The van der Waals surface area contributed by atoms with Crippen LogP contribution in [0.15, 0.2) is 18.2 Å². The van der Waals surface area contributed by atoms with Crippen LogP contribution >= 0.6 is 0 Å². The van der Waals surface area contributed by atoms with Crippen molar-refractivity contribution in [1.82, 2.24) is 0 Å². The number of ether oxygens (including phenoxy) is 6. The summed E-state index contributed by atoms with van der Waals surface area (Å²) in [6.07, 6.45) is -5.72. The van der Waals surface area contributed by atoms with Gasteiger partial charge in [0.2, 0.25) is 0 Å². The monoisotopic (exact) mass is 408 g/mol. The van der Waals surface area contributed by atoms with Gasteiger partial charge in [0.15, 0.2) is 24.6 Å². The number of aryl methyl sites for hydroxylation is 1. The number of esters is 3. The lowest BCUT2D eigenvalue weighted by Gasteiger charge is -2.39. The second kappa shape index (κ2) is 8.38. The Labute approximate surface area is 168 Å². The van der Waals surface area contributed by atoms with Gasteiger partial charge in [-0.05, 0) is 19.1 Å². The Balaban J connectivity index is 2.05. The van der Waals surface area contributed by atoms with E-state index in [4.69, 9.17) is 28.4 Å². The van der Waals surface area contributed by atoms with E-state index in [1.54, 1.807) is 6.07 Å². The first-order valence-electron chi connectivity index (χ1n) is 9.18. The highest BCUT2D eigenvalue weighted by molar-refractivity contribution is 5.68. The Kier molecular flexibility index (Phi) is 6.09. The normalized spacial score (nSPS) is 30.4. The first-order valence-corrected chi connectivity index (χ1v) is 9.18. The SMILES string of the molecule is COc1ccc(C)cc1[C@@H]1O[C@@H]2O[C@H]1[C@@H](OC(C)=O)[C@H](OC(C)=O)[C@@H]2OC(C)=O. The fraction of sp³-hybridized carbons (Fsp3) is 0.550. The first-order chi connectivity index (χ1) is 13.7. The Morgan fingerprint density at radius 2 is 1.45 bits per heavy atom. The average Bonchev–Trinajstić information content (AvgIpc) is 3.02. The van der Waals surface area contributed by atoms with Crippen molar-refractivity contribution >= 4 is 17.9 Å². The molecule has 0 aliphatic carbocycles. The minimum Gasteiger partial charge on any atom is -0.496 e. The van der Waals surface area contributed by atoms with Gasteiger partial charge >= 0.3 is 17.9 Å². The van der Waals surface area contributed by atoms with Crippen LogP contribution in [0.3, 0.4) is 0 Å². The third-order valence-corrected chi connectivity index (χ3v) is 4.71. The zero-order valence-corrected chi connectivity index (χ0v) is 16.9. The summed E-state index contributed by atoms with van der Waals surface area (Å²) in [7, 11) is 1.53. The number of carbonyl (C=O) groups excluding carboxylic acids is 3. The molecule has 0 N–H and O–H groups in total.